The Morgan fingerprint density at radius 1 is 1.06 bits per heavy atom. The standard InChI is InChI=1S/C22H39N3O8S/c26-11-14-18(28)19(29)20(30)21(33-14)32-10-6-2-1-5-9-23-16(27)8-4-3-7-15-17-13(12-34-15)24-22(31)25-17/h13-15,17-21,26,28-30H,1-12H2,(H,23,27)(H2,24,25,31)/t13-,14+,15-,17-,18+,19-,20-,21?/m0/s1. The second kappa shape index (κ2) is 13.8. The predicted molar refractivity (Wildman–Crippen MR) is 125 cm³/mol. The zero-order valence-electron chi connectivity index (χ0n) is 19.4. The van der Waals surface area contributed by atoms with Gasteiger partial charge in [0.2, 0.25) is 5.91 Å². The Morgan fingerprint density at radius 3 is 2.65 bits per heavy atom. The third kappa shape index (κ3) is 7.67. The molecule has 3 aliphatic heterocycles. The molecule has 3 aliphatic rings. The molecule has 8 atom stereocenters. The van der Waals surface area contributed by atoms with Crippen LogP contribution < -0.4 is 16.0 Å². The number of hydrogen-bond acceptors (Lipinski definition) is 9. The number of carbonyl (C=O) groups is 2. The van der Waals surface area contributed by atoms with E-state index in [0.29, 0.717) is 24.8 Å². The number of ether oxygens (including phenoxy) is 2. The molecule has 12 heteroatoms. The van der Waals surface area contributed by atoms with Gasteiger partial charge in [-0.25, -0.2) is 4.79 Å². The molecule has 3 amide bonds. The van der Waals surface area contributed by atoms with Crippen LogP contribution in [0.3, 0.4) is 0 Å². The third-order valence-corrected chi connectivity index (χ3v) is 8.11. The molecular weight excluding hydrogens is 466 g/mol. The molecule has 0 spiro atoms. The first-order valence-corrected chi connectivity index (χ1v) is 13.3. The lowest BCUT2D eigenvalue weighted by molar-refractivity contribution is -0.301. The molecule has 0 aliphatic carbocycles. The molecule has 0 aromatic rings. The van der Waals surface area contributed by atoms with Gasteiger partial charge < -0.3 is 45.9 Å². The molecule has 196 valence electrons. The average molecular weight is 506 g/mol. The minimum absolute atomic E-state index is 0.0683. The van der Waals surface area contributed by atoms with E-state index in [1.54, 1.807) is 0 Å². The Morgan fingerprint density at radius 2 is 1.85 bits per heavy atom. The summed E-state index contributed by atoms with van der Waals surface area (Å²) in [4.78, 5) is 23.4. The van der Waals surface area contributed by atoms with Crippen molar-refractivity contribution in [1.29, 1.82) is 0 Å². The van der Waals surface area contributed by atoms with Gasteiger partial charge in [0.1, 0.15) is 24.4 Å². The molecule has 0 radical (unpaired) electrons. The molecular formula is C22H39N3O8S. The van der Waals surface area contributed by atoms with Crippen LogP contribution in [0.1, 0.15) is 51.4 Å². The van der Waals surface area contributed by atoms with E-state index < -0.39 is 37.3 Å². The van der Waals surface area contributed by atoms with Gasteiger partial charge in [0.05, 0.1) is 18.7 Å². The van der Waals surface area contributed by atoms with Crippen LogP contribution in [0.5, 0.6) is 0 Å². The van der Waals surface area contributed by atoms with Gasteiger partial charge >= 0.3 is 6.03 Å². The highest BCUT2D eigenvalue weighted by atomic mass is 32.2. The molecule has 0 bridgehead atoms. The van der Waals surface area contributed by atoms with Crippen molar-refractivity contribution >= 4 is 23.7 Å². The second-order valence-electron chi connectivity index (χ2n) is 9.20. The van der Waals surface area contributed by atoms with Gasteiger partial charge in [-0.15, -0.1) is 0 Å². The van der Waals surface area contributed by atoms with Gasteiger partial charge in [0.25, 0.3) is 0 Å². The van der Waals surface area contributed by atoms with Crippen molar-refractivity contribution in [3.63, 3.8) is 0 Å². The summed E-state index contributed by atoms with van der Waals surface area (Å²) in [6.07, 6.45) is 0.473. The fraction of sp³-hybridized carbons (Fsp3) is 0.909. The summed E-state index contributed by atoms with van der Waals surface area (Å²) < 4.78 is 10.8. The molecule has 3 rings (SSSR count). The van der Waals surface area contributed by atoms with Crippen molar-refractivity contribution in [3.8, 4) is 0 Å². The molecule has 11 nitrogen and oxygen atoms in total. The molecule has 3 saturated heterocycles. The summed E-state index contributed by atoms with van der Waals surface area (Å²) in [5, 5.41) is 47.9. The predicted octanol–water partition coefficient (Wildman–Crippen LogP) is -0.795. The molecule has 0 saturated carbocycles. The van der Waals surface area contributed by atoms with Crippen molar-refractivity contribution in [2.45, 2.75) is 99.4 Å². The van der Waals surface area contributed by atoms with E-state index in [2.05, 4.69) is 16.0 Å². The molecule has 0 aromatic heterocycles. The first kappa shape index (κ1) is 27.4. The minimum atomic E-state index is -1.43. The summed E-state index contributed by atoms with van der Waals surface area (Å²) in [6.45, 7) is 0.469. The van der Waals surface area contributed by atoms with Gasteiger partial charge in [0, 0.05) is 30.6 Å². The SMILES string of the molecule is O=C(CCCC[C@@H]1SC[C@@H]2NC(=O)N[C@@H]21)NCCCCCCOC1O[C@H](CO)[C@@H](O)[C@H](O)[C@@H]1O. The quantitative estimate of drug-likeness (QED) is 0.118. The van der Waals surface area contributed by atoms with Crippen molar-refractivity contribution in [1.82, 2.24) is 16.0 Å². The number of thioether (sulfide) groups is 1. The lowest BCUT2D eigenvalue weighted by atomic mass is 9.99. The van der Waals surface area contributed by atoms with E-state index in [1.165, 1.54) is 0 Å². The van der Waals surface area contributed by atoms with Gasteiger partial charge in [-0.2, -0.15) is 11.8 Å². The van der Waals surface area contributed by atoms with Crippen LogP contribution in [-0.2, 0) is 14.3 Å². The molecule has 0 aromatic carbocycles. The van der Waals surface area contributed by atoms with E-state index in [4.69, 9.17) is 9.47 Å². The number of amides is 3. The lowest BCUT2D eigenvalue weighted by Crippen LogP contribution is -2.59. The monoisotopic (exact) mass is 505 g/mol. The van der Waals surface area contributed by atoms with Crippen LogP contribution in [0.4, 0.5) is 4.79 Å². The molecule has 7 N–H and O–H groups in total. The van der Waals surface area contributed by atoms with Gasteiger partial charge in [-0.1, -0.05) is 19.3 Å². The fourth-order valence-electron chi connectivity index (χ4n) is 4.58. The van der Waals surface area contributed by atoms with Crippen molar-refractivity contribution in [3.05, 3.63) is 0 Å². The van der Waals surface area contributed by atoms with Crippen LogP contribution in [-0.4, -0.2) is 106 Å². The molecule has 3 fully saturated rings. The first-order chi connectivity index (χ1) is 16.4. The van der Waals surface area contributed by atoms with Crippen molar-refractivity contribution in [2.75, 3.05) is 25.5 Å². The number of unbranched alkanes of at least 4 members (excludes halogenated alkanes) is 4. The number of rotatable bonds is 14. The number of fused-ring (bicyclic) bond motifs is 1. The summed E-state index contributed by atoms with van der Waals surface area (Å²) in [6, 6.07) is 0.389. The van der Waals surface area contributed by atoms with E-state index >= 15 is 0 Å². The maximum atomic E-state index is 12.0. The summed E-state index contributed by atoms with van der Waals surface area (Å²) in [5.41, 5.74) is 0. The highest BCUT2D eigenvalue weighted by molar-refractivity contribution is 8.00. The van der Waals surface area contributed by atoms with Crippen molar-refractivity contribution in [2.24, 2.45) is 0 Å². The number of urea groups is 1. The number of nitrogens with one attached hydrogen (secondary N) is 3. The van der Waals surface area contributed by atoms with Crippen molar-refractivity contribution < 1.29 is 39.5 Å². The molecule has 34 heavy (non-hydrogen) atoms. The number of aliphatic hydroxyl groups is 4. The molecule has 1 unspecified atom stereocenters. The van der Waals surface area contributed by atoms with Crippen LogP contribution >= 0.6 is 11.8 Å². The van der Waals surface area contributed by atoms with Crippen LogP contribution in [0.25, 0.3) is 0 Å². The Labute approximate surface area is 204 Å². The highest BCUT2D eigenvalue weighted by Crippen LogP contribution is 2.33. The summed E-state index contributed by atoms with van der Waals surface area (Å²) in [7, 11) is 0. The third-order valence-electron chi connectivity index (χ3n) is 6.60. The van der Waals surface area contributed by atoms with Gasteiger partial charge in [-0.05, 0) is 25.7 Å². The number of hydrogen-bond donors (Lipinski definition) is 7. The first-order valence-electron chi connectivity index (χ1n) is 12.3. The van der Waals surface area contributed by atoms with E-state index in [1.807, 2.05) is 11.8 Å². The topological polar surface area (TPSA) is 170 Å². The normalized spacial score (nSPS) is 35.0. The Hall–Kier alpha value is -1.15. The minimum Gasteiger partial charge on any atom is -0.394 e. The Bertz CT molecular complexity index is 658. The average Bonchev–Trinajstić information content (AvgIpc) is 3.37. The van der Waals surface area contributed by atoms with Crippen LogP contribution in [0.15, 0.2) is 0 Å². The van der Waals surface area contributed by atoms with E-state index in [9.17, 15) is 30.0 Å². The van der Waals surface area contributed by atoms with Gasteiger partial charge in [0.15, 0.2) is 6.29 Å². The van der Waals surface area contributed by atoms with Crippen LogP contribution in [0, 0.1) is 0 Å². The van der Waals surface area contributed by atoms with Crippen LogP contribution in [0.2, 0.25) is 0 Å². The lowest BCUT2D eigenvalue weighted by Gasteiger charge is -2.39. The smallest absolute Gasteiger partial charge is 0.315 e. The number of aliphatic hydroxyl groups excluding tert-OH is 4. The zero-order chi connectivity index (χ0) is 24.5. The highest BCUT2D eigenvalue weighted by Gasteiger charge is 2.44. The zero-order valence-corrected chi connectivity index (χ0v) is 20.3. The Kier molecular flexibility index (Phi) is 11.1. The fourth-order valence-corrected chi connectivity index (χ4v) is 6.12. The number of carbonyl (C=O) groups excluding carboxylic acids is 2. The second-order valence-corrected chi connectivity index (χ2v) is 10.5. The summed E-state index contributed by atoms with van der Waals surface area (Å²) >= 11 is 1.89. The Balaban J connectivity index is 1.14. The van der Waals surface area contributed by atoms with E-state index in [0.717, 1.165) is 50.7 Å². The largest absolute Gasteiger partial charge is 0.394 e. The van der Waals surface area contributed by atoms with E-state index in [-0.39, 0.29) is 24.0 Å². The van der Waals surface area contributed by atoms with Gasteiger partial charge in [-0.3, -0.25) is 4.79 Å². The maximum Gasteiger partial charge on any atom is 0.315 e. The molecule has 3 heterocycles. The maximum absolute atomic E-state index is 12.0. The summed E-state index contributed by atoms with van der Waals surface area (Å²) in [5.74, 6) is 1.02.